The average Bonchev–Trinajstić information content (AvgIpc) is 2.62. The molecule has 0 atom stereocenters. The minimum Gasteiger partial charge on any atom is -0.293 e. The predicted molar refractivity (Wildman–Crippen MR) is 69.1 cm³/mol. The van der Waals surface area contributed by atoms with Gasteiger partial charge in [0.05, 0.1) is 11.3 Å². The lowest BCUT2D eigenvalue weighted by Crippen LogP contribution is -2.13. The zero-order valence-electron chi connectivity index (χ0n) is 9.66. The third-order valence-corrected chi connectivity index (χ3v) is 2.84. The summed E-state index contributed by atoms with van der Waals surface area (Å²) >= 11 is 5.85. The Morgan fingerprint density at radius 1 is 1.18 bits per heavy atom. The third kappa shape index (κ3) is 2.27. The lowest BCUT2D eigenvalue weighted by Gasteiger charge is -2.13. The van der Waals surface area contributed by atoms with Crippen molar-refractivity contribution in [3.8, 4) is 6.07 Å². The fourth-order valence-electron chi connectivity index (χ4n) is 1.67. The molecule has 3 nitrogen and oxygen atoms in total. The Morgan fingerprint density at radius 3 is 2.41 bits per heavy atom. The van der Waals surface area contributed by atoms with Gasteiger partial charge in [-0.25, -0.2) is 0 Å². The van der Waals surface area contributed by atoms with Crippen LogP contribution in [0.5, 0.6) is 0 Å². The molecule has 1 aromatic carbocycles. The Labute approximate surface area is 105 Å². The number of rotatable bonds is 2. The molecule has 0 saturated heterocycles. The second-order valence-corrected chi connectivity index (χ2v) is 4.30. The van der Waals surface area contributed by atoms with E-state index in [4.69, 9.17) is 16.9 Å². The van der Waals surface area contributed by atoms with Crippen LogP contribution in [0.4, 0.5) is 5.69 Å². The van der Waals surface area contributed by atoms with Crippen molar-refractivity contribution in [2.24, 2.45) is 0 Å². The van der Waals surface area contributed by atoms with E-state index in [0.29, 0.717) is 10.6 Å². The maximum Gasteiger partial charge on any atom is 0.101 e. The highest BCUT2D eigenvalue weighted by Crippen LogP contribution is 2.21. The summed E-state index contributed by atoms with van der Waals surface area (Å²) in [6, 6.07) is 11.4. The number of aryl methyl sites for hydroxylation is 2. The number of benzene rings is 1. The lowest BCUT2D eigenvalue weighted by molar-refractivity contribution is 0.881. The van der Waals surface area contributed by atoms with Crippen LogP contribution in [0.2, 0.25) is 5.02 Å². The van der Waals surface area contributed by atoms with Crippen LogP contribution in [0, 0.1) is 25.2 Å². The van der Waals surface area contributed by atoms with Gasteiger partial charge in [0.1, 0.15) is 6.07 Å². The normalized spacial score (nSPS) is 10.0. The summed E-state index contributed by atoms with van der Waals surface area (Å²) < 4.78 is 1.93. The molecule has 0 spiro atoms. The van der Waals surface area contributed by atoms with Crippen LogP contribution in [0.1, 0.15) is 17.0 Å². The standard InChI is InChI=1S/C13H12ClN3/c1-9-3-4-10(2)17(9)16-13-6-5-12(14)7-11(13)8-15/h3-7,16H,1-2H3. The third-order valence-electron chi connectivity index (χ3n) is 2.61. The molecule has 0 aliphatic rings. The molecular formula is C13H12ClN3. The van der Waals surface area contributed by atoms with Crippen LogP contribution in [0.15, 0.2) is 30.3 Å². The molecule has 0 bridgehead atoms. The van der Waals surface area contributed by atoms with E-state index in [2.05, 4.69) is 11.5 Å². The summed E-state index contributed by atoms with van der Waals surface area (Å²) in [7, 11) is 0. The highest BCUT2D eigenvalue weighted by molar-refractivity contribution is 6.30. The minimum absolute atomic E-state index is 0.532. The van der Waals surface area contributed by atoms with Gasteiger partial charge in [0.2, 0.25) is 0 Å². The molecule has 0 fully saturated rings. The molecular weight excluding hydrogens is 234 g/mol. The number of hydrogen-bond acceptors (Lipinski definition) is 2. The first-order valence-electron chi connectivity index (χ1n) is 5.23. The van der Waals surface area contributed by atoms with Gasteiger partial charge in [-0.05, 0) is 44.2 Å². The van der Waals surface area contributed by atoms with E-state index >= 15 is 0 Å². The van der Waals surface area contributed by atoms with Crippen molar-refractivity contribution in [2.45, 2.75) is 13.8 Å². The molecule has 0 saturated carbocycles. The second kappa shape index (κ2) is 4.52. The van der Waals surface area contributed by atoms with E-state index in [1.54, 1.807) is 18.2 Å². The molecule has 0 radical (unpaired) electrons. The largest absolute Gasteiger partial charge is 0.293 e. The Bertz CT molecular complexity index is 574. The molecule has 4 heteroatoms. The van der Waals surface area contributed by atoms with Gasteiger partial charge in [-0.3, -0.25) is 10.1 Å². The van der Waals surface area contributed by atoms with Crippen LogP contribution >= 0.6 is 11.6 Å². The minimum atomic E-state index is 0.532. The van der Waals surface area contributed by atoms with Gasteiger partial charge >= 0.3 is 0 Å². The van der Waals surface area contributed by atoms with Gasteiger partial charge in [0.15, 0.2) is 0 Å². The van der Waals surface area contributed by atoms with Crippen molar-refractivity contribution < 1.29 is 0 Å². The van der Waals surface area contributed by atoms with Crippen molar-refractivity contribution in [2.75, 3.05) is 5.43 Å². The summed E-state index contributed by atoms with van der Waals surface area (Å²) in [5, 5.41) is 9.62. The van der Waals surface area contributed by atoms with Gasteiger partial charge in [0.25, 0.3) is 0 Å². The molecule has 0 unspecified atom stereocenters. The van der Waals surface area contributed by atoms with Crippen molar-refractivity contribution in [1.82, 2.24) is 4.68 Å². The van der Waals surface area contributed by atoms with Crippen molar-refractivity contribution in [1.29, 1.82) is 5.26 Å². The fraction of sp³-hybridized carbons (Fsp3) is 0.154. The van der Waals surface area contributed by atoms with Crippen molar-refractivity contribution in [3.63, 3.8) is 0 Å². The summed E-state index contributed by atoms with van der Waals surface area (Å²) in [4.78, 5) is 0. The Hall–Kier alpha value is -1.92. The van der Waals surface area contributed by atoms with Crippen LogP contribution in [0.3, 0.4) is 0 Å². The van der Waals surface area contributed by atoms with Crippen LogP contribution in [-0.2, 0) is 0 Å². The van der Waals surface area contributed by atoms with E-state index < -0.39 is 0 Å². The summed E-state index contributed by atoms with van der Waals surface area (Å²) in [6.45, 7) is 4.00. The van der Waals surface area contributed by atoms with Gasteiger partial charge in [-0.15, -0.1) is 0 Å². The van der Waals surface area contributed by atoms with E-state index in [0.717, 1.165) is 17.1 Å². The monoisotopic (exact) mass is 245 g/mol. The molecule has 1 N–H and O–H groups in total. The van der Waals surface area contributed by atoms with Gasteiger partial charge in [-0.1, -0.05) is 11.6 Å². The van der Waals surface area contributed by atoms with E-state index in [-0.39, 0.29) is 0 Å². The van der Waals surface area contributed by atoms with Gasteiger partial charge in [-0.2, -0.15) is 5.26 Å². The number of hydrogen-bond donors (Lipinski definition) is 1. The van der Waals surface area contributed by atoms with E-state index in [1.807, 2.05) is 30.7 Å². The second-order valence-electron chi connectivity index (χ2n) is 3.87. The SMILES string of the molecule is Cc1ccc(C)n1Nc1ccc(Cl)cc1C#N. The number of nitrogens with zero attached hydrogens (tertiary/aromatic N) is 2. The topological polar surface area (TPSA) is 40.8 Å². The molecule has 1 heterocycles. The van der Waals surface area contributed by atoms with Crippen molar-refractivity contribution >= 4 is 17.3 Å². The molecule has 2 aromatic rings. The highest BCUT2D eigenvalue weighted by atomic mass is 35.5. The van der Waals surface area contributed by atoms with Gasteiger partial charge < -0.3 is 0 Å². The zero-order chi connectivity index (χ0) is 12.4. The lowest BCUT2D eigenvalue weighted by atomic mass is 10.2. The summed E-state index contributed by atoms with van der Waals surface area (Å²) in [6.07, 6.45) is 0. The molecule has 0 aliphatic heterocycles. The quantitative estimate of drug-likeness (QED) is 0.880. The first-order chi connectivity index (χ1) is 8.11. The Kier molecular flexibility index (Phi) is 3.08. The van der Waals surface area contributed by atoms with Crippen LogP contribution in [0.25, 0.3) is 0 Å². The molecule has 0 amide bonds. The number of aromatic nitrogens is 1. The van der Waals surface area contributed by atoms with E-state index in [1.165, 1.54) is 0 Å². The predicted octanol–water partition coefficient (Wildman–Crippen LogP) is 3.51. The first kappa shape index (κ1) is 11.6. The highest BCUT2D eigenvalue weighted by Gasteiger charge is 2.05. The average molecular weight is 246 g/mol. The molecule has 17 heavy (non-hydrogen) atoms. The fourth-order valence-corrected chi connectivity index (χ4v) is 1.84. The molecule has 2 rings (SSSR count). The number of nitrogens with one attached hydrogen (secondary N) is 1. The van der Waals surface area contributed by atoms with Gasteiger partial charge in [0, 0.05) is 16.4 Å². The molecule has 86 valence electrons. The first-order valence-corrected chi connectivity index (χ1v) is 5.61. The Morgan fingerprint density at radius 2 is 1.82 bits per heavy atom. The van der Waals surface area contributed by atoms with E-state index in [9.17, 15) is 0 Å². The number of halogens is 1. The number of anilines is 1. The molecule has 1 aromatic heterocycles. The zero-order valence-corrected chi connectivity index (χ0v) is 10.4. The molecule has 0 aliphatic carbocycles. The maximum atomic E-state index is 9.05. The van der Waals surface area contributed by atoms with Crippen molar-refractivity contribution in [3.05, 3.63) is 52.3 Å². The summed E-state index contributed by atoms with van der Waals surface area (Å²) in [5.74, 6) is 0. The maximum absolute atomic E-state index is 9.05. The smallest absolute Gasteiger partial charge is 0.101 e. The van der Waals surface area contributed by atoms with Crippen LogP contribution in [-0.4, -0.2) is 4.68 Å². The van der Waals surface area contributed by atoms with Crippen LogP contribution < -0.4 is 5.43 Å². The Balaban J connectivity index is 2.40. The summed E-state index contributed by atoms with van der Waals surface area (Å²) in [5.41, 5.74) is 6.65. The number of nitriles is 1.